The molecule has 1 unspecified atom stereocenters. The second-order valence-corrected chi connectivity index (χ2v) is 4.37. The minimum absolute atomic E-state index is 0.227. The van der Waals surface area contributed by atoms with E-state index in [0.717, 1.165) is 0 Å². The van der Waals surface area contributed by atoms with Gasteiger partial charge in [-0.15, -0.1) is 0 Å². The summed E-state index contributed by atoms with van der Waals surface area (Å²) >= 11 is 0. The summed E-state index contributed by atoms with van der Waals surface area (Å²) in [6.45, 7) is 4.43. The Morgan fingerprint density at radius 3 is 2.84 bits per heavy atom. The van der Waals surface area contributed by atoms with Crippen molar-refractivity contribution in [3.63, 3.8) is 0 Å². The van der Waals surface area contributed by atoms with Crippen molar-refractivity contribution in [3.8, 4) is 11.8 Å². The van der Waals surface area contributed by atoms with E-state index in [4.69, 9.17) is 15.7 Å². The van der Waals surface area contributed by atoms with Crippen LogP contribution in [0.15, 0.2) is 18.2 Å². The highest BCUT2D eigenvalue weighted by molar-refractivity contribution is 6.01. The van der Waals surface area contributed by atoms with Crippen LogP contribution in [-0.4, -0.2) is 31.0 Å². The van der Waals surface area contributed by atoms with Crippen molar-refractivity contribution in [2.75, 3.05) is 25.9 Å². The Labute approximate surface area is 113 Å². The Balaban J connectivity index is 3.02. The summed E-state index contributed by atoms with van der Waals surface area (Å²) in [7, 11) is 1.65. The molecule has 0 fully saturated rings. The fourth-order valence-electron chi connectivity index (χ4n) is 1.78. The predicted molar refractivity (Wildman–Crippen MR) is 73.8 cm³/mol. The Bertz CT molecular complexity index is 494. The van der Waals surface area contributed by atoms with Crippen LogP contribution in [0.5, 0.6) is 5.75 Å². The van der Waals surface area contributed by atoms with Gasteiger partial charge in [0.1, 0.15) is 11.3 Å². The van der Waals surface area contributed by atoms with Crippen LogP contribution in [0, 0.1) is 17.2 Å². The first kappa shape index (κ1) is 14.8. The van der Waals surface area contributed by atoms with Crippen molar-refractivity contribution in [1.82, 2.24) is 4.90 Å². The van der Waals surface area contributed by atoms with Gasteiger partial charge < -0.3 is 15.4 Å². The smallest absolute Gasteiger partial charge is 0.259 e. The maximum absolute atomic E-state index is 12.4. The third-order valence-electron chi connectivity index (χ3n) is 2.69. The summed E-state index contributed by atoms with van der Waals surface area (Å²) in [5.74, 6) is 0.0158. The highest BCUT2D eigenvalue weighted by Crippen LogP contribution is 2.26. The van der Waals surface area contributed by atoms with Gasteiger partial charge in [-0.2, -0.15) is 5.26 Å². The minimum Gasteiger partial charge on any atom is -0.493 e. The third kappa shape index (κ3) is 3.62. The molecule has 1 rings (SSSR count). The van der Waals surface area contributed by atoms with Gasteiger partial charge in [0.2, 0.25) is 0 Å². The number of anilines is 1. The van der Waals surface area contributed by atoms with E-state index in [-0.39, 0.29) is 11.8 Å². The van der Waals surface area contributed by atoms with Gasteiger partial charge in [-0.05, 0) is 26.0 Å². The first-order valence-electron chi connectivity index (χ1n) is 6.17. The lowest BCUT2D eigenvalue weighted by atomic mass is 10.1. The molecule has 1 amide bonds. The number of nitrogens with two attached hydrogens (primary N) is 1. The molecule has 0 radical (unpaired) electrons. The van der Waals surface area contributed by atoms with Crippen LogP contribution in [-0.2, 0) is 0 Å². The van der Waals surface area contributed by atoms with Gasteiger partial charge in [0.15, 0.2) is 0 Å². The molecule has 1 aromatic rings. The lowest BCUT2D eigenvalue weighted by Crippen LogP contribution is -2.31. The second kappa shape index (κ2) is 6.64. The average Bonchev–Trinajstić information content (AvgIpc) is 2.38. The molecule has 0 bridgehead atoms. The molecule has 1 atom stereocenters. The van der Waals surface area contributed by atoms with E-state index in [0.29, 0.717) is 30.2 Å². The summed E-state index contributed by atoms with van der Waals surface area (Å²) in [4.78, 5) is 13.9. The maximum atomic E-state index is 12.4. The molecular formula is C14H19N3O2. The summed E-state index contributed by atoms with van der Waals surface area (Å²) in [5.41, 5.74) is 6.60. The zero-order valence-corrected chi connectivity index (χ0v) is 11.5. The molecule has 5 heteroatoms. The van der Waals surface area contributed by atoms with Crippen molar-refractivity contribution >= 4 is 11.6 Å². The average molecular weight is 261 g/mol. The van der Waals surface area contributed by atoms with Gasteiger partial charge in [-0.3, -0.25) is 4.79 Å². The van der Waals surface area contributed by atoms with Gasteiger partial charge in [0.05, 0.1) is 18.6 Å². The van der Waals surface area contributed by atoms with Crippen molar-refractivity contribution in [2.24, 2.45) is 5.92 Å². The van der Waals surface area contributed by atoms with Crippen molar-refractivity contribution in [2.45, 2.75) is 13.8 Å². The molecule has 0 aliphatic rings. The van der Waals surface area contributed by atoms with Gasteiger partial charge in [0.25, 0.3) is 5.91 Å². The molecule has 102 valence electrons. The fraction of sp³-hybridized carbons (Fsp3) is 0.429. The molecule has 5 nitrogen and oxygen atoms in total. The molecule has 19 heavy (non-hydrogen) atoms. The van der Waals surface area contributed by atoms with Crippen LogP contribution in [0.1, 0.15) is 24.2 Å². The molecule has 0 heterocycles. The summed E-state index contributed by atoms with van der Waals surface area (Å²) in [5, 5.41) is 8.79. The second-order valence-electron chi connectivity index (χ2n) is 4.37. The zero-order valence-electron chi connectivity index (χ0n) is 11.5. The number of hydrogen-bond donors (Lipinski definition) is 1. The summed E-state index contributed by atoms with van der Waals surface area (Å²) < 4.78 is 5.43. The van der Waals surface area contributed by atoms with Gasteiger partial charge in [-0.25, -0.2) is 0 Å². The Kier molecular flexibility index (Phi) is 5.19. The number of rotatable bonds is 5. The van der Waals surface area contributed by atoms with E-state index in [1.54, 1.807) is 32.2 Å². The van der Waals surface area contributed by atoms with Crippen LogP contribution in [0.25, 0.3) is 0 Å². The van der Waals surface area contributed by atoms with E-state index in [9.17, 15) is 4.79 Å². The zero-order chi connectivity index (χ0) is 14.4. The number of ether oxygens (including phenoxy) is 1. The number of nitrogen functional groups attached to an aromatic ring is 1. The lowest BCUT2D eigenvalue weighted by Gasteiger charge is -2.21. The third-order valence-corrected chi connectivity index (χ3v) is 2.69. The molecule has 0 aliphatic carbocycles. The Hall–Kier alpha value is -2.22. The topological polar surface area (TPSA) is 79.3 Å². The molecule has 0 saturated heterocycles. The highest BCUT2D eigenvalue weighted by Gasteiger charge is 2.20. The molecule has 1 aromatic carbocycles. The van der Waals surface area contributed by atoms with E-state index in [1.165, 1.54) is 4.90 Å². The summed E-state index contributed by atoms with van der Waals surface area (Å²) in [6, 6.07) is 7.23. The van der Waals surface area contributed by atoms with Crippen LogP contribution in [0.4, 0.5) is 5.69 Å². The normalized spacial score (nSPS) is 11.5. The first-order chi connectivity index (χ1) is 9.01. The van der Waals surface area contributed by atoms with Crippen LogP contribution < -0.4 is 10.5 Å². The van der Waals surface area contributed by atoms with Gasteiger partial charge >= 0.3 is 0 Å². The number of carbonyl (C=O) groups is 1. The number of benzene rings is 1. The highest BCUT2D eigenvalue weighted by atomic mass is 16.5. The molecular weight excluding hydrogens is 242 g/mol. The van der Waals surface area contributed by atoms with E-state index < -0.39 is 0 Å². The van der Waals surface area contributed by atoms with Crippen LogP contribution in [0.3, 0.4) is 0 Å². The number of amides is 1. The molecule has 0 saturated carbocycles. The van der Waals surface area contributed by atoms with Crippen LogP contribution in [0.2, 0.25) is 0 Å². The Morgan fingerprint density at radius 1 is 1.58 bits per heavy atom. The first-order valence-corrected chi connectivity index (χ1v) is 6.17. The van der Waals surface area contributed by atoms with Crippen molar-refractivity contribution < 1.29 is 9.53 Å². The number of carbonyl (C=O) groups excluding carboxylic acids is 1. The Morgan fingerprint density at radius 2 is 2.26 bits per heavy atom. The quantitative estimate of drug-likeness (QED) is 0.821. The molecule has 0 aliphatic heterocycles. The number of hydrogen-bond acceptors (Lipinski definition) is 4. The fourth-order valence-corrected chi connectivity index (χ4v) is 1.78. The molecule has 2 N–H and O–H groups in total. The predicted octanol–water partition coefficient (Wildman–Crippen LogP) is 1.90. The number of nitriles is 1. The summed E-state index contributed by atoms with van der Waals surface area (Å²) in [6.07, 6.45) is 0. The van der Waals surface area contributed by atoms with Crippen molar-refractivity contribution in [1.29, 1.82) is 5.26 Å². The van der Waals surface area contributed by atoms with E-state index in [1.807, 2.05) is 6.92 Å². The molecule has 0 aromatic heterocycles. The largest absolute Gasteiger partial charge is 0.493 e. The molecule has 0 spiro atoms. The van der Waals surface area contributed by atoms with E-state index >= 15 is 0 Å². The van der Waals surface area contributed by atoms with E-state index in [2.05, 4.69) is 6.07 Å². The SMILES string of the molecule is CCOc1cccc(N)c1C(=O)N(C)CC(C)C#N. The minimum atomic E-state index is -0.233. The number of nitrogens with zero attached hydrogens (tertiary/aromatic N) is 2. The standard InChI is InChI=1S/C14H19N3O2/c1-4-19-12-7-5-6-11(16)13(12)14(18)17(3)9-10(2)8-15/h5-7,10H,4,9,16H2,1-3H3. The van der Waals surface area contributed by atoms with Crippen molar-refractivity contribution in [3.05, 3.63) is 23.8 Å². The van der Waals surface area contributed by atoms with Gasteiger partial charge in [0, 0.05) is 19.3 Å². The monoisotopic (exact) mass is 261 g/mol. The van der Waals surface area contributed by atoms with Crippen LogP contribution >= 0.6 is 0 Å². The van der Waals surface area contributed by atoms with Gasteiger partial charge in [-0.1, -0.05) is 6.07 Å². The lowest BCUT2D eigenvalue weighted by molar-refractivity contribution is 0.0782. The maximum Gasteiger partial charge on any atom is 0.259 e.